The molecule has 26 heteroatoms. The molecular weight excluding hydrogens is 776 g/mol. The molecule has 5 aliphatic heterocycles. The Bertz CT molecular complexity index is 1200. The summed E-state index contributed by atoms with van der Waals surface area (Å²) in [6.45, 7) is -4.75. The molecule has 5 fully saturated rings. The minimum Gasteiger partial charge on any atom is -0.394 e. The normalized spacial score (nSPS) is 53.2. The molecule has 0 aliphatic carbocycles. The zero-order valence-corrected chi connectivity index (χ0v) is 29.2. The van der Waals surface area contributed by atoms with Gasteiger partial charge in [-0.05, 0) is 0 Å². The average molecular weight is 829 g/mol. The number of rotatable bonds is 13. The average Bonchev–Trinajstić information content (AvgIpc) is 3.19. The van der Waals surface area contributed by atoms with Gasteiger partial charge in [0.15, 0.2) is 31.5 Å². The predicted octanol–water partition coefficient (Wildman–Crippen LogP) is -11.9. The van der Waals surface area contributed by atoms with Crippen molar-refractivity contribution in [3.63, 3.8) is 0 Å². The van der Waals surface area contributed by atoms with Crippen molar-refractivity contribution in [1.29, 1.82) is 0 Å². The van der Waals surface area contributed by atoms with Gasteiger partial charge in [0.25, 0.3) is 0 Å². The molecule has 0 aromatic rings. The first kappa shape index (κ1) is 46.0. The van der Waals surface area contributed by atoms with Crippen LogP contribution in [0.1, 0.15) is 0 Å². The molecule has 26 nitrogen and oxygen atoms in total. The molecule has 0 radical (unpaired) electrons. The molecule has 17 N–H and O–H groups in total. The van der Waals surface area contributed by atoms with Gasteiger partial charge in [-0.2, -0.15) is 0 Å². The van der Waals surface area contributed by atoms with Gasteiger partial charge < -0.3 is 129 Å². The highest BCUT2D eigenvalue weighted by Gasteiger charge is 2.58. The molecule has 5 heterocycles. The summed E-state index contributed by atoms with van der Waals surface area (Å²) in [5.74, 6) is 0. The third-order valence-corrected chi connectivity index (χ3v) is 10.3. The molecular formula is C30H52O26. The molecule has 0 saturated carbocycles. The minimum absolute atomic E-state index is 0.904. The maximum atomic E-state index is 11.4. The van der Waals surface area contributed by atoms with E-state index in [9.17, 15) is 86.8 Å². The lowest BCUT2D eigenvalue weighted by Crippen LogP contribution is -2.69. The molecule has 25 atom stereocenters. The zero-order chi connectivity index (χ0) is 41.3. The lowest BCUT2D eigenvalue weighted by atomic mass is 9.95. The Morgan fingerprint density at radius 2 is 0.589 bits per heavy atom. The molecule has 328 valence electrons. The second-order valence-corrected chi connectivity index (χ2v) is 13.9. The Hall–Kier alpha value is -1.04. The molecule has 56 heavy (non-hydrogen) atoms. The van der Waals surface area contributed by atoms with Gasteiger partial charge in [-0.3, -0.25) is 0 Å². The van der Waals surface area contributed by atoms with Crippen LogP contribution in [-0.2, 0) is 42.6 Å². The largest absolute Gasteiger partial charge is 0.394 e. The van der Waals surface area contributed by atoms with E-state index < -0.39 is 187 Å². The van der Waals surface area contributed by atoms with E-state index in [-0.39, 0.29) is 0 Å². The second kappa shape index (κ2) is 19.6. The maximum absolute atomic E-state index is 11.4. The smallest absolute Gasteiger partial charge is 0.187 e. The summed E-state index contributed by atoms with van der Waals surface area (Å²) in [7, 11) is 0. The molecule has 5 rings (SSSR count). The molecule has 5 aliphatic rings. The van der Waals surface area contributed by atoms with Gasteiger partial charge in [0.1, 0.15) is 122 Å². The van der Waals surface area contributed by atoms with Crippen LogP contribution in [0.25, 0.3) is 0 Å². The van der Waals surface area contributed by atoms with Crippen LogP contribution < -0.4 is 0 Å². The van der Waals surface area contributed by atoms with Crippen molar-refractivity contribution in [2.75, 3.05) is 33.0 Å². The SMILES string of the molecule is OC[C@H]1O[C@H](O[C@H]2[C@@H](O[C@H]3[C@@H](O[C@@H]4[C@@H](O)[C@@H](O)O[C@H](CO)[C@H]4O)O[C@H](CO)[C@@H](O)[C@@H]3O[C@@H]3O[C@H](CO)[C@@H](O)[C@H](O)[C@H]3O)O[C@H](CO)[C@H](O)[C@@H]2O)[C@H](O)[C@@H](O)[C@H]1O. The summed E-state index contributed by atoms with van der Waals surface area (Å²) in [6.07, 6.45) is -48.8. The van der Waals surface area contributed by atoms with Crippen LogP contribution in [0.2, 0.25) is 0 Å². The molecule has 0 aromatic heterocycles. The summed E-state index contributed by atoms with van der Waals surface area (Å²) in [5, 5.41) is 177. The third-order valence-electron chi connectivity index (χ3n) is 10.3. The van der Waals surface area contributed by atoms with Gasteiger partial charge in [-0.1, -0.05) is 0 Å². The monoisotopic (exact) mass is 828 g/mol. The van der Waals surface area contributed by atoms with E-state index in [1.807, 2.05) is 0 Å². The van der Waals surface area contributed by atoms with Crippen LogP contribution in [0.3, 0.4) is 0 Å². The van der Waals surface area contributed by atoms with E-state index in [0.717, 1.165) is 0 Å². The summed E-state index contributed by atoms with van der Waals surface area (Å²) in [6, 6.07) is 0. The maximum Gasteiger partial charge on any atom is 0.187 e. The molecule has 0 aromatic carbocycles. The highest BCUT2D eigenvalue weighted by Crippen LogP contribution is 2.37. The van der Waals surface area contributed by atoms with Crippen LogP contribution in [0, 0.1) is 0 Å². The first-order chi connectivity index (χ1) is 26.5. The molecule has 0 unspecified atom stereocenters. The molecule has 0 bridgehead atoms. The Morgan fingerprint density at radius 1 is 0.268 bits per heavy atom. The fourth-order valence-corrected chi connectivity index (χ4v) is 6.97. The van der Waals surface area contributed by atoms with Crippen LogP contribution in [0.5, 0.6) is 0 Å². The summed E-state index contributed by atoms with van der Waals surface area (Å²) in [5.41, 5.74) is 0. The summed E-state index contributed by atoms with van der Waals surface area (Å²) >= 11 is 0. The number of hydrogen-bond acceptors (Lipinski definition) is 26. The Labute approximate surface area is 316 Å². The van der Waals surface area contributed by atoms with Crippen molar-refractivity contribution in [3.8, 4) is 0 Å². The van der Waals surface area contributed by atoms with Gasteiger partial charge in [0.2, 0.25) is 0 Å². The summed E-state index contributed by atoms with van der Waals surface area (Å²) in [4.78, 5) is 0. The molecule has 0 amide bonds. The van der Waals surface area contributed by atoms with Gasteiger partial charge in [-0.15, -0.1) is 0 Å². The first-order valence-corrected chi connectivity index (χ1v) is 17.6. The van der Waals surface area contributed by atoms with E-state index in [1.165, 1.54) is 0 Å². The number of hydrogen-bond donors (Lipinski definition) is 17. The minimum atomic E-state index is -2.14. The van der Waals surface area contributed by atoms with Gasteiger partial charge in [0, 0.05) is 0 Å². The van der Waals surface area contributed by atoms with Crippen LogP contribution >= 0.6 is 0 Å². The van der Waals surface area contributed by atoms with E-state index in [0.29, 0.717) is 0 Å². The molecule has 5 saturated heterocycles. The van der Waals surface area contributed by atoms with Crippen LogP contribution in [-0.4, -0.2) is 273 Å². The Morgan fingerprint density at radius 3 is 1.05 bits per heavy atom. The number of ether oxygens (including phenoxy) is 9. The topological polar surface area (TPSA) is 427 Å². The van der Waals surface area contributed by atoms with Crippen molar-refractivity contribution in [2.24, 2.45) is 0 Å². The van der Waals surface area contributed by atoms with Crippen LogP contribution in [0.15, 0.2) is 0 Å². The Kier molecular flexibility index (Phi) is 16.1. The van der Waals surface area contributed by atoms with Crippen molar-refractivity contribution < 1.29 is 129 Å². The lowest BCUT2D eigenvalue weighted by molar-refractivity contribution is -0.415. The van der Waals surface area contributed by atoms with E-state index >= 15 is 0 Å². The quantitative estimate of drug-likeness (QED) is 0.0819. The van der Waals surface area contributed by atoms with Gasteiger partial charge in [0.05, 0.1) is 33.0 Å². The molecule has 0 spiro atoms. The van der Waals surface area contributed by atoms with Crippen molar-refractivity contribution in [2.45, 2.75) is 154 Å². The fraction of sp³-hybridized carbons (Fsp3) is 1.00. The summed E-state index contributed by atoms with van der Waals surface area (Å²) < 4.78 is 50.6. The second-order valence-electron chi connectivity index (χ2n) is 13.9. The van der Waals surface area contributed by atoms with Crippen molar-refractivity contribution in [3.05, 3.63) is 0 Å². The van der Waals surface area contributed by atoms with Crippen LogP contribution in [0.4, 0.5) is 0 Å². The number of aliphatic hydroxyl groups excluding tert-OH is 17. The van der Waals surface area contributed by atoms with E-state index in [2.05, 4.69) is 0 Å². The van der Waals surface area contributed by atoms with Gasteiger partial charge >= 0.3 is 0 Å². The number of aliphatic hydroxyl groups is 17. The third kappa shape index (κ3) is 9.16. The lowest BCUT2D eigenvalue weighted by Gasteiger charge is -2.51. The van der Waals surface area contributed by atoms with Crippen molar-refractivity contribution >= 4 is 0 Å². The van der Waals surface area contributed by atoms with Gasteiger partial charge in [-0.25, -0.2) is 0 Å². The highest BCUT2D eigenvalue weighted by molar-refractivity contribution is 4.99. The Balaban J connectivity index is 1.54. The van der Waals surface area contributed by atoms with Crippen molar-refractivity contribution in [1.82, 2.24) is 0 Å². The highest BCUT2D eigenvalue weighted by atomic mass is 16.8. The zero-order valence-electron chi connectivity index (χ0n) is 29.2. The fourth-order valence-electron chi connectivity index (χ4n) is 6.97. The van der Waals surface area contributed by atoms with E-state index in [4.69, 9.17) is 42.6 Å². The predicted molar refractivity (Wildman–Crippen MR) is 167 cm³/mol. The standard InChI is InChI=1S/C30H52O26/c31-1-6-11(36)16(41)19(44)27(49-6)54-23-15(40)10(5-35)52-30(53-22-14(39)9(4-34)48-26(47)21(22)46)25(23)56-29-24(18(43)13(38)8(3-33)51-29)55-28-20(45)17(42)12(37)7(2-32)50-28/h6-47H,1-5H2/t6-,7-,8-,9-,10-,11-,12+,13+,14-,15-,16+,17+,18+,19-,20-,21-,22+,23+,24-,25-,26+,27+,28-,29-,30-/m1/s1. The first-order valence-electron chi connectivity index (χ1n) is 17.6. The van der Waals surface area contributed by atoms with E-state index in [1.54, 1.807) is 0 Å².